The maximum Gasteiger partial charge on any atom is 0.252 e. The summed E-state index contributed by atoms with van der Waals surface area (Å²) in [7, 11) is -2.38. The van der Waals surface area contributed by atoms with Crippen LogP contribution in [0.5, 0.6) is 0 Å². The molecule has 0 aliphatic rings. The lowest BCUT2D eigenvalue weighted by Gasteiger charge is -2.20. The van der Waals surface area contributed by atoms with Gasteiger partial charge in [0.2, 0.25) is 0 Å². The molecule has 0 aliphatic heterocycles. The zero-order chi connectivity index (χ0) is 15.6. The number of aliphatic hydroxyl groups is 1. The van der Waals surface area contributed by atoms with Crippen LogP contribution in [-0.4, -0.2) is 31.4 Å². The second-order valence-corrected chi connectivity index (χ2v) is 7.63. The van der Waals surface area contributed by atoms with E-state index in [0.29, 0.717) is 0 Å². The predicted molar refractivity (Wildman–Crippen MR) is 75.5 cm³/mol. The first kappa shape index (κ1) is 16.0. The Hall–Kier alpha value is -1.35. The molecule has 1 N–H and O–H groups in total. The molecule has 0 aliphatic carbocycles. The van der Waals surface area contributed by atoms with Crippen molar-refractivity contribution < 1.29 is 22.3 Å². The van der Waals surface area contributed by atoms with Crippen LogP contribution in [0.2, 0.25) is 0 Å². The molecule has 0 saturated heterocycles. The van der Waals surface area contributed by atoms with Crippen LogP contribution in [0.1, 0.15) is 11.7 Å². The third kappa shape index (κ3) is 3.46. The van der Waals surface area contributed by atoms with Crippen LogP contribution in [0.15, 0.2) is 39.9 Å². The van der Waals surface area contributed by atoms with Gasteiger partial charge in [0.15, 0.2) is 11.6 Å². The van der Waals surface area contributed by atoms with Gasteiger partial charge in [-0.15, -0.1) is 11.3 Å². The van der Waals surface area contributed by atoms with E-state index in [4.69, 9.17) is 0 Å². The van der Waals surface area contributed by atoms with E-state index in [9.17, 15) is 22.3 Å². The van der Waals surface area contributed by atoms with E-state index in [1.165, 1.54) is 19.2 Å². The van der Waals surface area contributed by atoms with Crippen LogP contribution in [0.25, 0.3) is 0 Å². The van der Waals surface area contributed by atoms with Gasteiger partial charge in [-0.25, -0.2) is 17.2 Å². The van der Waals surface area contributed by atoms with Crippen molar-refractivity contribution in [3.05, 3.63) is 52.9 Å². The summed E-state index contributed by atoms with van der Waals surface area (Å²) < 4.78 is 51.4. The lowest BCUT2D eigenvalue weighted by atomic mass is 10.1. The number of aliphatic hydroxyl groups excluding tert-OH is 1. The zero-order valence-corrected chi connectivity index (χ0v) is 12.7. The molecule has 8 heteroatoms. The molecule has 4 nitrogen and oxygen atoms in total. The summed E-state index contributed by atoms with van der Waals surface area (Å²) in [4.78, 5) is 0. The minimum atomic E-state index is -3.69. The van der Waals surface area contributed by atoms with Gasteiger partial charge in [0.25, 0.3) is 10.0 Å². The van der Waals surface area contributed by atoms with Crippen molar-refractivity contribution in [3.63, 3.8) is 0 Å². The van der Waals surface area contributed by atoms with E-state index in [2.05, 4.69) is 0 Å². The lowest BCUT2D eigenvalue weighted by Crippen LogP contribution is -2.30. The normalized spacial score (nSPS) is 13.6. The molecule has 1 unspecified atom stereocenters. The van der Waals surface area contributed by atoms with Crippen LogP contribution in [0.3, 0.4) is 0 Å². The number of hydrogen-bond acceptors (Lipinski definition) is 4. The summed E-state index contributed by atoms with van der Waals surface area (Å²) in [5, 5.41) is 11.6. The van der Waals surface area contributed by atoms with Crippen molar-refractivity contribution in [3.8, 4) is 0 Å². The highest BCUT2D eigenvalue weighted by Gasteiger charge is 2.24. The van der Waals surface area contributed by atoms with Crippen LogP contribution in [-0.2, 0) is 10.0 Å². The Balaban J connectivity index is 2.15. The highest BCUT2D eigenvalue weighted by molar-refractivity contribution is 7.91. The third-order valence-electron chi connectivity index (χ3n) is 2.92. The van der Waals surface area contributed by atoms with Gasteiger partial charge >= 0.3 is 0 Å². The minimum Gasteiger partial charge on any atom is -0.387 e. The summed E-state index contributed by atoms with van der Waals surface area (Å²) in [5.74, 6) is -2.11. The lowest BCUT2D eigenvalue weighted by molar-refractivity contribution is 0.154. The molecule has 0 fully saturated rings. The van der Waals surface area contributed by atoms with Crippen molar-refractivity contribution in [1.82, 2.24) is 4.31 Å². The van der Waals surface area contributed by atoms with Crippen LogP contribution >= 0.6 is 11.3 Å². The van der Waals surface area contributed by atoms with Crippen LogP contribution < -0.4 is 0 Å². The Kier molecular flexibility index (Phi) is 4.72. The second kappa shape index (κ2) is 6.18. The largest absolute Gasteiger partial charge is 0.387 e. The van der Waals surface area contributed by atoms with Gasteiger partial charge in [-0.3, -0.25) is 0 Å². The molecule has 1 aromatic heterocycles. The van der Waals surface area contributed by atoms with Crippen molar-refractivity contribution in [1.29, 1.82) is 0 Å². The minimum absolute atomic E-state index is 0.113. The molecule has 21 heavy (non-hydrogen) atoms. The molecular formula is C13H13F2NO3S2. The Bertz CT molecular complexity index is 717. The van der Waals surface area contributed by atoms with Gasteiger partial charge in [-0.05, 0) is 29.1 Å². The molecule has 0 amide bonds. The zero-order valence-electron chi connectivity index (χ0n) is 11.0. The molecule has 0 bridgehead atoms. The molecule has 0 spiro atoms. The van der Waals surface area contributed by atoms with E-state index in [0.717, 1.165) is 27.8 Å². The average molecular weight is 333 g/mol. The Morgan fingerprint density at radius 1 is 1.29 bits per heavy atom. The first-order valence-electron chi connectivity index (χ1n) is 5.95. The Labute approximate surface area is 125 Å². The van der Waals surface area contributed by atoms with E-state index in [1.54, 1.807) is 11.4 Å². The molecule has 2 rings (SSSR count). The number of benzene rings is 1. The molecule has 114 valence electrons. The smallest absolute Gasteiger partial charge is 0.252 e. The summed E-state index contributed by atoms with van der Waals surface area (Å²) in [6, 6.07) is 6.03. The molecule has 0 radical (unpaired) electrons. The van der Waals surface area contributed by atoms with Gasteiger partial charge in [-0.2, -0.15) is 4.31 Å². The second-order valence-electron chi connectivity index (χ2n) is 4.41. The fourth-order valence-corrected chi connectivity index (χ4v) is 4.11. The summed E-state index contributed by atoms with van der Waals surface area (Å²) in [5.41, 5.74) is 0.113. The molecular weight excluding hydrogens is 320 g/mol. The highest BCUT2D eigenvalue weighted by atomic mass is 32.2. The molecule has 2 aromatic rings. The predicted octanol–water partition coefficient (Wildman–Crippen LogP) is 2.38. The number of rotatable bonds is 5. The van der Waals surface area contributed by atoms with Crippen molar-refractivity contribution in [2.75, 3.05) is 13.6 Å². The van der Waals surface area contributed by atoms with E-state index in [-0.39, 0.29) is 16.3 Å². The Morgan fingerprint density at radius 2 is 2.00 bits per heavy atom. The van der Waals surface area contributed by atoms with Gasteiger partial charge < -0.3 is 5.11 Å². The van der Waals surface area contributed by atoms with E-state index in [1.807, 2.05) is 0 Å². The van der Waals surface area contributed by atoms with Gasteiger partial charge in [-0.1, -0.05) is 12.1 Å². The van der Waals surface area contributed by atoms with Crippen molar-refractivity contribution in [2.24, 2.45) is 0 Å². The van der Waals surface area contributed by atoms with Crippen LogP contribution in [0, 0.1) is 11.6 Å². The quantitative estimate of drug-likeness (QED) is 0.914. The number of halogens is 2. The number of hydrogen-bond donors (Lipinski definition) is 1. The van der Waals surface area contributed by atoms with Crippen molar-refractivity contribution >= 4 is 21.4 Å². The summed E-state index contributed by atoms with van der Waals surface area (Å²) in [6.07, 6.45) is -1.25. The fourth-order valence-electron chi connectivity index (χ4n) is 1.73. The molecule has 1 heterocycles. The molecule has 1 aromatic carbocycles. The van der Waals surface area contributed by atoms with Gasteiger partial charge in [0, 0.05) is 13.6 Å². The Morgan fingerprint density at radius 3 is 2.57 bits per heavy atom. The summed E-state index contributed by atoms with van der Waals surface area (Å²) >= 11 is 1.06. The maximum atomic E-state index is 13.1. The first-order chi connectivity index (χ1) is 9.82. The SMILES string of the molecule is CN(CC(O)c1ccc(F)c(F)c1)S(=O)(=O)c1cccs1. The average Bonchev–Trinajstić information content (AvgIpc) is 2.96. The van der Waals surface area contributed by atoms with Crippen LogP contribution in [0.4, 0.5) is 8.78 Å². The van der Waals surface area contributed by atoms with E-state index >= 15 is 0 Å². The highest BCUT2D eigenvalue weighted by Crippen LogP contribution is 2.23. The fraction of sp³-hybridized carbons (Fsp3) is 0.231. The first-order valence-corrected chi connectivity index (χ1v) is 8.27. The number of sulfonamides is 1. The topological polar surface area (TPSA) is 57.6 Å². The maximum absolute atomic E-state index is 13.1. The van der Waals surface area contributed by atoms with Crippen molar-refractivity contribution in [2.45, 2.75) is 10.3 Å². The number of likely N-dealkylation sites (N-methyl/N-ethyl adjacent to an activating group) is 1. The molecule has 1 atom stereocenters. The third-order valence-corrected chi connectivity index (χ3v) is 6.11. The standard InChI is InChI=1S/C13H13F2NO3S2/c1-16(21(18,19)13-3-2-6-20-13)8-12(17)9-4-5-10(14)11(15)7-9/h2-7,12,17H,8H2,1H3. The summed E-state index contributed by atoms with van der Waals surface area (Å²) in [6.45, 7) is -0.259. The van der Waals surface area contributed by atoms with Gasteiger partial charge in [0.1, 0.15) is 4.21 Å². The number of thiophene rings is 1. The molecule has 0 saturated carbocycles. The number of nitrogens with zero attached hydrogens (tertiary/aromatic N) is 1. The monoisotopic (exact) mass is 333 g/mol. The van der Waals surface area contributed by atoms with Gasteiger partial charge in [0.05, 0.1) is 6.10 Å². The van der Waals surface area contributed by atoms with E-state index < -0.39 is 27.8 Å².